The molecule has 0 aromatic rings. The summed E-state index contributed by atoms with van der Waals surface area (Å²) in [4.78, 5) is 22.3. The lowest BCUT2D eigenvalue weighted by Gasteiger charge is -2.19. The second kappa shape index (κ2) is 5.69. The van der Waals surface area contributed by atoms with Crippen molar-refractivity contribution in [2.24, 2.45) is 5.92 Å². The molecule has 92 valence electrons. The first-order valence-corrected chi connectivity index (χ1v) is 5.42. The van der Waals surface area contributed by atoms with Crippen LogP contribution in [0.25, 0.3) is 0 Å². The summed E-state index contributed by atoms with van der Waals surface area (Å²) in [5.74, 6) is -1.19. The molecule has 2 amide bonds. The van der Waals surface area contributed by atoms with Gasteiger partial charge in [-0.05, 0) is 18.8 Å². The molecular weight excluding hydrogens is 212 g/mol. The van der Waals surface area contributed by atoms with Gasteiger partial charge >= 0.3 is 12.0 Å². The Morgan fingerprint density at radius 2 is 2.12 bits per heavy atom. The maximum absolute atomic E-state index is 11.5. The highest BCUT2D eigenvalue weighted by atomic mass is 16.5. The van der Waals surface area contributed by atoms with E-state index < -0.39 is 18.0 Å². The molecule has 0 bridgehead atoms. The first-order chi connectivity index (χ1) is 7.50. The number of ether oxygens (including phenoxy) is 1. The van der Waals surface area contributed by atoms with Gasteiger partial charge in [0.1, 0.15) is 12.3 Å². The number of carbonyl (C=O) groups is 2. The molecular formula is C10H18N2O4. The molecule has 3 N–H and O–H groups in total. The zero-order valence-electron chi connectivity index (χ0n) is 9.53. The summed E-state index contributed by atoms with van der Waals surface area (Å²) in [6.07, 6.45) is 1.39. The number of carboxylic acids is 1. The van der Waals surface area contributed by atoms with Gasteiger partial charge in [0, 0.05) is 6.61 Å². The minimum absolute atomic E-state index is 0.159. The average Bonchev–Trinajstić information content (AvgIpc) is 2.65. The zero-order chi connectivity index (χ0) is 12.1. The highest BCUT2D eigenvalue weighted by Crippen LogP contribution is 2.09. The molecule has 1 fully saturated rings. The fourth-order valence-electron chi connectivity index (χ4n) is 1.53. The maximum atomic E-state index is 11.5. The van der Waals surface area contributed by atoms with Crippen molar-refractivity contribution >= 4 is 12.0 Å². The summed E-state index contributed by atoms with van der Waals surface area (Å²) in [6.45, 7) is 4.12. The largest absolute Gasteiger partial charge is 0.480 e. The Morgan fingerprint density at radius 1 is 1.44 bits per heavy atom. The number of rotatable bonds is 4. The molecule has 16 heavy (non-hydrogen) atoms. The maximum Gasteiger partial charge on any atom is 0.326 e. The van der Waals surface area contributed by atoms with Crippen LogP contribution in [0.2, 0.25) is 0 Å². The number of hydrogen-bond acceptors (Lipinski definition) is 3. The van der Waals surface area contributed by atoms with Crippen LogP contribution in [0.4, 0.5) is 4.79 Å². The Morgan fingerprint density at radius 3 is 2.56 bits per heavy atom. The Hall–Kier alpha value is -1.30. The lowest BCUT2D eigenvalue weighted by Crippen LogP contribution is -2.50. The number of nitrogens with one attached hydrogen (secondary N) is 2. The normalized spacial score (nSPS) is 21.8. The van der Waals surface area contributed by atoms with Gasteiger partial charge in [-0.2, -0.15) is 0 Å². The van der Waals surface area contributed by atoms with Crippen molar-refractivity contribution in [1.82, 2.24) is 10.6 Å². The molecule has 1 heterocycles. The van der Waals surface area contributed by atoms with E-state index in [0.717, 1.165) is 12.8 Å². The van der Waals surface area contributed by atoms with Crippen LogP contribution in [0.15, 0.2) is 0 Å². The highest BCUT2D eigenvalue weighted by Gasteiger charge is 2.25. The smallest absolute Gasteiger partial charge is 0.326 e. The number of aliphatic carboxylic acids is 1. The fourth-order valence-corrected chi connectivity index (χ4v) is 1.53. The predicted molar refractivity (Wildman–Crippen MR) is 56.9 cm³/mol. The van der Waals surface area contributed by atoms with Crippen molar-refractivity contribution in [2.45, 2.75) is 39.0 Å². The van der Waals surface area contributed by atoms with E-state index in [-0.39, 0.29) is 12.1 Å². The minimum atomic E-state index is -1.03. The van der Waals surface area contributed by atoms with Crippen molar-refractivity contribution in [3.63, 3.8) is 0 Å². The van der Waals surface area contributed by atoms with Gasteiger partial charge in [0.2, 0.25) is 0 Å². The van der Waals surface area contributed by atoms with Gasteiger partial charge in [-0.25, -0.2) is 9.59 Å². The Balaban J connectivity index is 2.38. The average molecular weight is 230 g/mol. The molecule has 0 aromatic carbocycles. The van der Waals surface area contributed by atoms with E-state index in [1.165, 1.54) is 0 Å². The summed E-state index contributed by atoms with van der Waals surface area (Å²) in [6, 6.07) is -1.37. The first kappa shape index (κ1) is 12.8. The van der Waals surface area contributed by atoms with Gasteiger partial charge in [0.05, 0.1) is 0 Å². The van der Waals surface area contributed by atoms with Gasteiger partial charge in [-0.3, -0.25) is 0 Å². The van der Waals surface area contributed by atoms with Crippen LogP contribution in [0.1, 0.15) is 26.7 Å². The standard InChI is InChI=1S/C10H18N2O4/c1-6(2)8(9(13)14)12-10(15)11-7-4-3-5-16-7/h6-8H,3-5H2,1-2H3,(H,13,14)(H2,11,12,15). The third-order valence-corrected chi connectivity index (χ3v) is 2.44. The second-order valence-corrected chi connectivity index (χ2v) is 4.18. The summed E-state index contributed by atoms with van der Waals surface area (Å²) in [7, 11) is 0. The lowest BCUT2D eigenvalue weighted by molar-refractivity contribution is -0.140. The van der Waals surface area contributed by atoms with E-state index in [9.17, 15) is 9.59 Å². The molecule has 0 aliphatic carbocycles. The monoisotopic (exact) mass is 230 g/mol. The quantitative estimate of drug-likeness (QED) is 0.657. The molecule has 1 aliphatic heterocycles. The molecule has 2 unspecified atom stereocenters. The van der Waals surface area contributed by atoms with Crippen molar-refractivity contribution in [3.8, 4) is 0 Å². The van der Waals surface area contributed by atoms with Crippen molar-refractivity contribution in [2.75, 3.05) is 6.61 Å². The molecule has 2 atom stereocenters. The second-order valence-electron chi connectivity index (χ2n) is 4.18. The van der Waals surface area contributed by atoms with Crippen LogP contribution in [0.3, 0.4) is 0 Å². The summed E-state index contributed by atoms with van der Waals surface area (Å²) in [5.41, 5.74) is 0. The molecule has 1 aliphatic rings. The molecule has 6 heteroatoms. The van der Waals surface area contributed by atoms with Crippen molar-refractivity contribution in [1.29, 1.82) is 0 Å². The highest BCUT2D eigenvalue weighted by molar-refractivity contribution is 5.82. The topological polar surface area (TPSA) is 87.7 Å². The minimum Gasteiger partial charge on any atom is -0.480 e. The van der Waals surface area contributed by atoms with Crippen molar-refractivity contribution in [3.05, 3.63) is 0 Å². The molecule has 0 radical (unpaired) electrons. The fraction of sp³-hybridized carbons (Fsp3) is 0.800. The molecule has 6 nitrogen and oxygen atoms in total. The van der Waals surface area contributed by atoms with Gasteiger partial charge < -0.3 is 20.5 Å². The summed E-state index contributed by atoms with van der Waals surface area (Å²) < 4.78 is 5.21. The van der Waals surface area contributed by atoms with E-state index in [4.69, 9.17) is 9.84 Å². The van der Waals surface area contributed by atoms with Crippen LogP contribution in [-0.4, -0.2) is 36.0 Å². The number of amides is 2. The van der Waals surface area contributed by atoms with E-state index in [1.807, 2.05) is 0 Å². The van der Waals surface area contributed by atoms with Gasteiger partial charge in [-0.1, -0.05) is 13.8 Å². The molecule has 0 spiro atoms. The molecule has 0 aromatic heterocycles. The van der Waals surface area contributed by atoms with Crippen LogP contribution in [-0.2, 0) is 9.53 Å². The van der Waals surface area contributed by atoms with E-state index in [2.05, 4.69) is 10.6 Å². The van der Waals surface area contributed by atoms with E-state index in [0.29, 0.717) is 6.61 Å². The van der Waals surface area contributed by atoms with Crippen molar-refractivity contribution < 1.29 is 19.4 Å². The number of carbonyl (C=O) groups excluding carboxylic acids is 1. The van der Waals surface area contributed by atoms with Gasteiger partial charge in [0.25, 0.3) is 0 Å². The third kappa shape index (κ3) is 3.69. The molecule has 1 saturated heterocycles. The number of urea groups is 1. The van der Waals surface area contributed by atoms with Crippen LogP contribution < -0.4 is 10.6 Å². The Labute approximate surface area is 94.3 Å². The SMILES string of the molecule is CC(C)C(NC(=O)NC1CCCO1)C(=O)O. The van der Waals surface area contributed by atoms with Crippen LogP contribution in [0.5, 0.6) is 0 Å². The molecule has 0 saturated carbocycles. The Bertz CT molecular complexity index is 262. The van der Waals surface area contributed by atoms with Crippen LogP contribution >= 0.6 is 0 Å². The first-order valence-electron chi connectivity index (χ1n) is 5.42. The number of hydrogen-bond donors (Lipinski definition) is 3. The predicted octanol–water partition coefficient (Wildman–Crippen LogP) is 0.531. The summed E-state index contributed by atoms with van der Waals surface area (Å²) in [5, 5.41) is 13.9. The molecule has 1 rings (SSSR count). The van der Waals surface area contributed by atoms with Gasteiger partial charge in [-0.15, -0.1) is 0 Å². The number of carboxylic acid groups (broad SMARTS) is 1. The zero-order valence-corrected chi connectivity index (χ0v) is 9.53. The lowest BCUT2D eigenvalue weighted by atomic mass is 10.1. The van der Waals surface area contributed by atoms with Crippen LogP contribution in [0, 0.1) is 5.92 Å². The summed E-state index contributed by atoms with van der Waals surface area (Å²) >= 11 is 0. The van der Waals surface area contributed by atoms with Gasteiger partial charge in [0.15, 0.2) is 0 Å². The Kier molecular flexibility index (Phi) is 4.54. The third-order valence-electron chi connectivity index (χ3n) is 2.44. The van der Waals surface area contributed by atoms with E-state index >= 15 is 0 Å². The van der Waals surface area contributed by atoms with E-state index in [1.54, 1.807) is 13.8 Å².